The number of nitrogens with one attached hydrogen (secondary N) is 1. The Morgan fingerprint density at radius 1 is 1.34 bits per heavy atom. The van der Waals surface area contributed by atoms with Crippen molar-refractivity contribution < 1.29 is 9.21 Å². The molecule has 0 atom stereocenters. The van der Waals surface area contributed by atoms with Crippen molar-refractivity contribution in [3.63, 3.8) is 0 Å². The van der Waals surface area contributed by atoms with Crippen molar-refractivity contribution in [3.8, 4) is 10.8 Å². The minimum absolute atomic E-state index is 0.0646. The predicted octanol–water partition coefficient (Wildman–Crippen LogP) is 3.01. The fourth-order valence-corrected chi connectivity index (χ4v) is 4.21. The summed E-state index contributed by atoms with van der Waals surface area (Å²) >= 11 is 2.78. The number of hydrogen-bond donors (Lipinski definition) is 1. The van der Waals surface area contributed by atoms with Crippen LogP contribution in [0, 0.1) is 0 Å². The molecule has 0 aromatic carbocycles. The molecule has 0 fully saturated rings. The van der Waals surface area contributed by atoms with Crippen LogP contribution in [0.5, 0.6) is 0 Å². The van der Waals surface area contributed by atoms with Gasteiger partial charge < -0.3 is 9.32 Å². The lowest BCUT2D eigenvalue weighted by molar-refractivity contribution is -0.129. The van der Waals surface area contributed by atoms with E-state index in [2.05, 4.69) is 27.3 Å². The minimum atomic E-state index is -0.245. The van der Waals surface area contributed by atoms with E-state index in [1.807, 2.05) is 24.4 Å². The molecule has 11 heteroatoms. The lowest BCUT2D eigenvalue weighted by Gasteiger charge is -2.20. The van der Waals surface area contributed by atoms with Crippen molar-refractivity contribution in [1.29, 1.82) is 0 Å². The van der Waals surface area contributed by atoms with Crippen LogP contribution in [0.3, 0.4) is 0 Å². The van der Waals surface area contributed by atoms with Crippen LogP contribution < -0.4 is 5.69 Å². The first-order valence-corrected chi connectivity index (χ1v) is 11.4. The Morgan fingerprint density at radius 3 is 2.93 bits per heavy atom. The zero-order valence-electron chi connectivity index (χ0n) is 16.5. The van der Waals surface area contributed by atoms with Crippen molar-refractivity contribution >= 4 is 29.0 Å². The molecular formula is C18H24N6O3S2. The van der Waals surface area contributed by atoms with Crippen molar-refractivity contribution in [2.75, 3.05) is 12.3 Å². The molecule has 1 amide bonds. The van der Waals surface area contributed by atoms with E-state index < -0.39 is 0 Å². The normalized spacial score (nSPS) is 11.1. The van der Waals surface area contributed by atoms with Gasteiger partial charge in [-0.05, 0) is 24.3 Å². The Labute approximate surface area is 176 Å². The summed E-state index contributed by atoms with van der Waals surface area (Å²) in [5.41, 5.74) is -0.245. The molecule has 3 heterocycles. The molecule has 156 valence electrons. The number of aromatic amines is 1. The predicted molar refractivity (Wildman–Crippen MR) is 112 cm³/mol. The monoisotopic (exact) mass is 436 g/mol. The number of aromatic nitrogens is 5. The van der Waals surface area contributed by atoms with E-state index in [4.69, 9.17) is 4.42 Å². The van der Waals surface area contributed by atoms with E-state index in [9.17, 15) is 9.59 Å². The number of carbonyl (C=O) groups is 1. The lowest BCUT2D eigenvalue weighted by atomic mass is 10.3. The van der Waals surface area contributed by atoms with Gasteiger partial charge in [-0.3, -0.25) is 9.36 Å². The first-order chi connectivity index (χ1) is 14.1. The molecule has 0 aliphatic heterocycles. The maximum Gasteiger partial charge on any atom is 0.343 e. The molecule has 0 radical (unpaired) electrons. The third kappa shape index (κ3) is 5.57. The van der Waals surface area contributed by atoms with Crippen LogP contribution in [0.15, 0.2) is 31.9 Å². The van der Waals surface area contributed by atoms with Gasteiger partial charge in [0.2, 0.25) is 11.8 Å². The van der Waals surface area contributed by atoms with Crippen LogP contribution in [-0.4, -0.2) is 48.1 Å². The second-order valence-corrected chi connectivity index (χ2v) is 8.29. The molecule has 0 aliphatic carbocycles. The zero-order valence-corrected chi connectivity index (χ0v) is 18.1. The molecule has 0 unspecified atom stereocenters. The highest BCUT2D eigenvalue weighted by atomic mass is 32.2. The first kappa shape index (κ1) is 21.3. The highest BCUT2D eigenvalue weighted by Crippen LogP contribution is 2.23. The second-order valence-electron chi connectivity index (χ2n) is 6.40. The summed E-state index contributed by atoms with van der Waals surface area (Å²) in [6.07, 6.45) is 2.67. The van der Waals surface area contributed by atoms with Gasteiger partial charge >= 0.3 is 5.69 Å². The van der Waals surface area contributed by atoms with Gasteiger partial charge in [0, 0.05) is 13.1 Å². The summed E-state index contributed by atoms with van der Waals surface area (Å²) in [4.78, 5) is 27.2. The Balaban J connectivity index is 1.62. The summed E-state index contributed by atoms with van der Waals surface area (Å²) in [6.45, 7) is 5.50. The van der Waals surface area contributed by atoms with E-state index in [-0.39, 0.29) is 23.9 Å². The molecule has 0 saturated carbocycles. The van der Waals surface area contributed by atoms with Gasteiger partial charge in [-0.25, -0.2) is 9.89 Å². The average molecular weight is 437 g/mol. The minimum Gasteiger partial charge on any atom is -0.418 e. The van der Waals surface area contributed by atoms with E-state index in [1.165, 1.54) is 23.1 Å². The molecule has 29 heavy (non-hydrogen) atoms. The standard InChI is InChI=1S/C18H24N6O3S2/c1-3-5-9-24-17(26)21-22-18(24)29-12-15(25)23(8-4-2)11-14-19-20-16(27-14)13-7-6-10-28-13/h6-7,10H,3-5,8-9,11-12H2,1-2H3,(H,21,26). The first-order valence-electron chi connectivity index (χ1n) is 9.54. The largest absolute Gasteiger partial charge is 0.418 e. The fourth-order valence-electron chi connectivity index (χ4n) is 2.69. The molecule has 3 aromatic heterocycles. The molecule has 0 saturated heterocycles. The summed E-state index contributed by atoms with van der Waals surface area (Å²) < 4.78 is 7.29. The average Bonchev–Trinajstić information content (AvgIpc) is 3.46. The smallest absolute Gasteiger partial charge is 0.343 e. The number of amides is 1. The van der Waals surface area contributed by atoms with Crippen LogP contribution in [0.1, 0.15) is 39.0 Å². The molecule has 0 spiro atoms. The van der Waals surface area contributed by atoms with Gasteiger partial charge in [-0.15, -0.1) is 26.6 Å². The Hall–Kier alpha value is -2.40. The maximum absolute atomic E-state index is 12.8. The molecule has 0 aliphatic rings. The number of nitrogens with zero attached hydrogens (tertiary/aromatic N) is 5. The van der Waals surface area contributed by atoms with E-state index in [0.29, 0.717) is 30.0 Å². The Bertz CT molecular complexity index is 963. The van der Waals surface area contributed by atoms with E-state index >= 15 is 0 Å². The van der Waals surface area contributed by atoms with Crippen LogP contribution in [0.25, 0.3) is 10.8 Å². The van der Waals surface area contributed by atoms with Crippen molar-refractivity contribution in [3.05, 3.63) is 33.9 Å². The number of thioether (sulfide) groups is 1. The van der Waals surface area contributed by atoms with Crippen LogP contribution in [0.2, 0.25) is 0 Å². The molecule has 3 aromatic rings. The summed E-state index contributed by atoms with van der Waals surface area (Å²) in [5, 5.41) is 17.1. The fraction of sp³-hybridized carbons (Fsp3) is 0.500. The van der Waals surface area contributed by atoms with Crippen LogP contribution >= 0.6 is 23.1 Å². The quantitative estimate of drug-likeness (QED) is 0.460. The topological polar surface area (TPSA) is 110 Å². The number of carbonyl (C=O) groups excluding carboxylic acids is 1. The van der Waals surface area contributed by atoms with Crippen LogP contribution in [-0.2, 0) is 17.9 Å². The molecular weight excluding hydrogens is 412 g/mol. The number of hydrogen-bond acceptors (Lipinski definition) is 8. The number of thiophene rings is 1. The van der Waals surface area contributed by atoms with Crippen molar-refractivity contribution in [1.82, 2.24) is 29.9 Å². The lowest BCUT2D eigenvalue weighted by Crippen LogP contribution is -2.33. The number of rotatable bonds is 11. The SMILES string of the molecule is CCCCn1c(SCC(=O)N(CCC)Cc2nnc(-c3cccs3)o2)n[nH]c1=O. The molecule has 9 nitrogen and oxygen atoms in total. The third-order valence-electron chi connectivity index (χ3n) is 4.15. The summed E-state index contributed by atoms with van der Waals surface area (Å²) in [6, 6.07) is 3.83. The summed E-state index contributed by atoms with van der Waals surface area (Å²) in [7, 11) is 0. The van der Waals surface area contributed by atoms with Gasteiger partial charge in [0.25, 0.3) is 5.89 Å². The van der Waals surface area contributed by atoms with Crippen molar-refractivity contribution in [2.45, 2.75) is 51.4 Å². The second kappa shape index (κ2) is 10.4. The molecule has 1 N–H and O–H groups in total. The Morgan fingerprint density at radius 2 is 2.21 bits per heavy atom. The zero-order chi connectivity index (χ0) is 20.6. The highest BCUT2D eigenvalue weighted by Gasteiger charge is 2.19. The number of H-pyrrole nitrogens is 1. The summed E-state index contributed by atoms with van der Waals surface area (Å²) in [5.74, 6) is 0.984. The highest BCUT2D eigenvalue weighted by molar-refractivity contribution is 7.99. The third-order valence-corrected chi connectivity index (χ3v) is 5.97. The van der Waals surface area contributed by atoms with Gasteiger partial charge in [-0.1, -0.05) is 38.1 Å². The van der Waals surface area contributed by atoms with Gasteiger partial charge in [0.15, 0.2) is 5.16 Å². The molecule has 0 bridgehead atoms. The number of unbranched alkanes of at least 4 members (excludes halogenated alkanes) is 1. The van der Waals surface area contributed by atoms with E-state index in [0.717, 1.165) is 24.1 Å². The maximum atomic E-state index is 12.8. The van der Waals surface area contributed by atoms with Gasteiger partial charge in [-0.2, -0.15) is 0 Å². The van der Waals surface area contributed by atoms with Gasteiger partial charge in [0.05, 0.1) is 17.2 Å². The van der Waals surface area contributed by atoms with E-state index in [1.54, 1.807) is 9.47 Å². The Kier molecular flexibility index (Phi) is 7.64. The molecule has 3 rings (SSSR count). The van der Waals surface area contributed by atoms with Gasteiger partial charge in [0.1, 0.15) is 0 Å². The van der Waals surface area contributed by atoms with Crippen molar-refractivity contribution in [2.24, 2.45) is 0 Å². The van der Waals surface area contributed by atoms with Crippen LogP contribution in [0.4, 0.5) is 0 Å².